The van der Waals surface area contributed by atoms with Gasteiger partial charge in [0, 0.05) is 0 Å². The van der Waals surface area contributed by atoms with Gasteiger partial charge >= 0.3 is 6.09 Å². The topological polar surface area (TPSA) is 78.6 Å². The van der Waals surface area contributed by atoms with Crippen LogP contribution in [0.2, 0.25) is 0 Å². The molecule has 0 spiro atoms. The Kier molecular flexibility index (Phi) is 11.7. The summed E-state index contributed by atoms with van der Waals surface area (Å²) in [5, 5.41) is 0. The summed E-state index contributed by atoms with van der Waals surface area (Å²) in [5.41, 5.74) is 4.43. The summed E-state index contributed by atoms with van der Waals surface area (Å²) in [6, 6.07) is 0. The summed E-state index contributed by atoms with van der Waals surface area (Å²) in [6.45, 7) is 0.375. The van der Waals surface area contributed by atoms with Gasteiger partial charge in [0.1, 0.15) is 0 Å². The third kappa shape index (κ3) is 50.0. The smallest absolute Gasteiger partial charge is 0.404 e. The predicted octanol–water partition coefficient (Wildman–Crippen LogP) is -0.499. The van der Waals surface area contributed by atoms with E-state index in [4.69, 9.17) is 4.79 Å². The molecule has 0 bridgehead atoms. The van der Waals surface area contributed by atoms with Gasteiger partial charge in [0.2, 0.25) is 0 Å². The minimum absolute atomic E-state index is 0.375. The summed E-state index contributed by atoms with van der Waals surface area (Å²) in [5.74, 6) is 0. The predicted molar refractivity (Wildman–Crippen MR) is 29.7 cm³/mol. The first-order valence-electron chi connectivity index (χ1n) is 1.98. The Bertz CT molecular complexity index is 82.6. The molecule has 0 aliphatic heterocycles. The van der Waals surface area contributed by atoms with Crippen molar-refractivity contribution in [2.75, 3.05) is 14.2 Å². The number of carbonyl (C=O) groups excluding carboxylic acids is 2. The van der Waals surface area contributed by atoms with Crippen LogP contribution in [0, 0.1) is 0 Å². The fourth-order valence-corrected chi connectivity index (χ4v) is 0. The first kappa shape index (κ1) is 10.7. The van der Waals surface area contributed by atoms with Crippen LogP contribution in [0.5, 0.6) is 0 Å². The van der Waals surface area contributed by atoms with E-state index < -0.39 is 6.09 Å². The summed E-state index contributed by atoms with van der Waals surface area (Å²) in [7, 11) is 2.54. The molecule has 9 heavy (non-hydrogen) atoms. The first-order valence-corrected chi connectivity index (χ1v) is 1.98. The molecule has 0 rings (SSSR count). The molecule has 0 aromatic heterocycles. The van der Waals surface area contributed by atoms with E-state index in [9.17, 15) is 4.79 Å². The summed E-state index contributed by atoms with van der Waals surface area (Å²) < 4.78 is 7.75. The van der Waals surface area contributed by atoms with Crippen LogP contribution in [0.3, 0.4) is 0 Å². The van der Waals surface area contributed by atoms with Crippen LogP contribution in [0.4, 0.5) is 4.79 Å². The second kappa shape index (κ2) is 9.88. The Labute approximate surface area is 52.7 Å². The Morgan fingerprint density at radius 1 is 1.56 bits per heavy atom. The SMILES string of the molecule is COC(N)=O.COC=O. The molecule has 0 unspecified atom stereocenters. The number of ether oxygens (including phenoxy) is 2. The van der Waals surface area contributed by atoms with Gasteiger partial charge in [-0.25, -0.2) is 4.79 Å². The van der Waals surface area contributed by atoms with Gasteiger partial charge in [-0.05, 0) is 0 Å². The molecule has 0 saturated carbocycles. The van der Waals surface area contributed by atoms with Crippen molar-refractivity contribution in [3.63, 3.8) is 0 Å². The Morgan fingerprint density at radius 3 is 1.78 bits per heavy atom. The van der Waals surface area contributed by atoms with Crippen LogP contribution >= 0.6 is 0 Å². The van der Waals surface area contributed by atoms with E-state index in [-0.39, 0.29) is 0 Å². The van der Waals surface area contributed by atoms with Gasteiger partial charge in [0.25, 0.3) is 6.47 Å². The molecule has 0 radical (unpaired) electrons. The van der Waals surface area contributed by atoms with Crippen molar-refractivity contribution in [2.24, 2.45) is 5.73 Å². The quantitative estimate of drug-likeness (QED) is 0.491. The monoisotopic (exact) mass is 135 g/mol. The van der Waals surface area contributed by atoms with Crippen LogP contribution in [0.1, 0.15) is 0 Å². The number of carbonyl (C=O) groups is 2. The van der Waals surface area contributed by atoms with Crippen molar-refractivity contribution in [1.29, 1.82) is 0 Å². The van der Waals surface area contributed by atoms with Gasteiger partial charge in [0.15, 0.2) is 0 Å². The number of amides is 1. The van der Waals surface area contributed by atoms with Gasteiger partial charge in [-0.1, -0.05) is 0 Å². The van der Waals surface area contributed by atoms with E-state index in [0.29, 0.717) is 6.47 Å². The molecular formula is C4H9NO4. The van der Waals surface area contributed by atoms with E-state index in [1.54, 1.807) is 0 Å². The first-order chi connectivity index (χ1) is 4.18. The number of methoxy groups -OCH3 is 2. The van der Waals surface area contributed by atoms with Crippen LogP contribution in [0.25, 0.3) is 0 Å². The van der Waals surface area contributed by atoms with Crippen LogP contribution < -0.4 is 5.73 Å². The molecule has 0 aliphatic carbocycles. The second-order valence-corrected chi connectivity index (χ2v) is 0.855. The maximum Gasteiger partial charge on any atom is 0.404 e. The van der Waals surface area contributed by atoms with Crippen LogP contribution in [-0.2, 0) is 14.3 Å². The van der Waals surface area contributed by atoms with Crippen molar-refractivity contribution < 1.29 is 19.1 Å². The number of rotatable bonds is 1. The minimum Gasteiger partial charge on any atom is -0.471 e. The van der Waals surface area contributed by atoms with Crippen LogP contribution in [0.15, 0.2) is 0 Å². The lowest BCUT2D eigenvalue weighted by Crippen LogP contribution is -2.08. The third-order valence-electron chi connectivity index (χ3n) is 0.297. The number of primary amides is 1. The molecule has 54 valence electrons. The van der Waals surface area contributed by atoms with Gasteiger partial charge in [0.05, 0.1) is 14.2 Å². The summed E-state index contributed by atoms with van der Waals surface area (Å²) in [6.07, 6.45) is -0.745. The lowest BCUT2D eigenvalue weighted by Gasteiger charge is -1.81. The molecule has 0 fully saturated rings. The van der Waals surface area contributed by atoms with Crippen molar-refractivity contribution in [3.8, 4) is 0 Å². The second-order valence-electron chi connectivity index (χ2n) is 0.855. The van der Waals surface area contributed by atoms with Crippen molar-refractivity contribution >= 4 is 12.6 Å². The van der Waals surface area contributed by atoms with Gasteiger partial charge < -0.3 is 15.2 Å². The zero-order valence-electron chi connectivity index (χ0n) is 5.29. The van der Waals surface area contributed by atoms with E-state index >= 15 is 0 Å². The normalized spacial score (nSPS) is 6.00. The fourth-order valence-electron chi connectivity index (χ4n) is 0. The van der Waals surface area contributed by atoms with Gasteiger partial charge in [-0.15, -0.1) is 0 Å². The lowest BCUT2D eigenvalue weighted by atomic mass is 11.3. The summed E-state index contributed by atoms with van der Waals surface area (Å²) >= 11 is 0. The average Bonchev–Trinajstić information content (AvgIpc) is 1.89. The Balaban J connectivity index is 0. The highest BCUT2D eigenvalue weighted by atomic mass is 16.5. The highest BCUT2D eigenvalue weighted by Crippen LogP contribution is 1.55. The average molecular weight is 135 g/mol. The molecule has 5 heteroatoms. The minimum atomic E-state index is -0.745. The Morgan fingerprint density at radius 2 is 1.78 bits per heavy atom. The van der Waals surface area contributed by atoms with Crippen molar-refractivity contribution in [3.05, 3.63) is 0 Å². The van der Waals surface area contributed by atoms with Crippen LogP contribution in [-0.4, -0.2) is 26.8 Å². The number of nitrogens with two attached hydrogens (primary N) is 1. The van der Waals surface area contributed by atoms with E-state index in [0.717, 1.165) is 0 Å². The maximum absolute atomic E-state index is 9.37. The van der Waals surface area contributed by atoms with E-state index in [1.807, 2.05) is 0 Å². The van der Waals surface area contributed by atoms with E-state index in [2.05, 4.69) is 15.2 Å². The standard InChI is InChI=1S/C2H5NO2.C2H4O2/c1-5-2(3)4;1-4-2-3/h1H3,(H2,3,4);2H,1H3. The molecule has 5 nitrogen and oxygen atoms in total. The highest BCUT2D eigenvalue weighted by molar-refractivity contribution is 5.64. The highest BCUT2D eigenvalue weighted by Gasteiger charge is 1.76. The summed E-state index contributed by atoms with van der Waals surface area (Å²) in [4.78, 5) is 18.3. The fraction of sp³-hybridized carbons (Fsp3) is 0.500. The Hall–Kier alpha value is -1.26. The molecule has 2 N–H and O–H groups in total. The number of hydrogen-bond donors (Lipinski definition) is 1. The van der Waals surface area contributed by atoms with Crippen molar-refractivity contribution in [1.82, 2.24) is 0 Å². The van der Waals surface area contributed by atoms with E-state index in [1.165, 1.54) is 14.2 Å². The molecule has 0 atom stereocenters. The zero-order chi connectivity index (χ0) is 7.70. The molecule has 0 aromatic carbocycles. The van der Waals surface area contributed by atoms with Gasteiger partial charge in [-0.2, -0.15) is 0 Å². The third-order valence-corrected chi connectivity index (χ3v) is 0.297. The lowest BCUT2D eigenvalue weighted by molar-refractivity contribution is -0.126. The molecule has 1 amide bonds. The molecule has 0 saturated heterocycles. The largest absolute Gasteiger partial charge is 0.471 e. The molecule has 0 aromatic rings. The molecule has 0 aliphatic rings. The number of hydrogen-bond acceptors (Lipinski definition) is 4. The van der Waals surface area contributed by atoms with Crippen molar-refractivity contribution in [2.45, 2.75) is 0 Å². The maximum atomic E-state index is 9.37. The molecular weight excluding hydrogens is 126 g/mol. The zero-order valence-corrected chi connectivity index (χ0v) is 5.29. The molecule has 0 heterocycles. The van der Waals surface area contributed by atoms with Gasteiger partial charge in [-0.3, -0.25) is 4.79 Å².